The Labute approximate surface area is 89.1 Å². The summed E-state index contributed by atoms with van der Waals surface area (Å²) in [6.45, 7) is 0.536. The van der Waals surface area contributed by atoms with Crippen LogP contribution < -0.4 is 5.56 Å². The van der Waals surface area contributed by atoms with Crippen molar-refractivity contribution in [3.8, 4) is 0 Å². The lowest BCUT2D eigenvalue weighted by atomic mass is 10.3. The summed E-state index contributed by atoms with van der Waals surface area (Å²) in [5.41, 5.74) is 0.958. The molecule has 14 heavy (non-hydrogen) atoms. The number of hydrogen-bond donors (Lipinski definition) is 0. The van der Waals surface area contributed by atoms with Gasteiger partial charge in [0.05, 0.1) is 19.1 Å². The molecule has 0 spiro atoms. The van der Waals surface area contributed by atoms with Gasteiger partial charge in [-0.1, -0.05) is 0 Å². The highest BCUT2D eigenvalue weighted by molar-refractivity contribution is 9.10. The smallest absolute Gasteiger partial charge is 0.250 e. The summed E-state index contributed by atoms with van der Waals surface area (Å²) in [4.78, 5) is 11.4. The topological polar surface area (TPSA) is 35.1 Å². The van der Waals surface area contributed by atoms with Crippen molar-refractivity contribution < 1.29 is 4.42 Å². The fourth-order valence-corrected chi connectivity index (χ4v) is 1.58. The number of hydrogen-bond acceptors (Lipinski definition) is 2. The zero-order valence-corrected chi connectivity index (χ0v) is 8.90. The molecule has 0 aliphatic heterocycles. The van der Waals surface area contributed by atoms with Gasteiger partial charge in [-0.3, -0.25) is 4.79 Å². The molecule has 72 valence electrons. The molecule has 0 unspecified atom stereocenters. The Balaban J connectivity index is 2.33. The molecule has 0 saturated carbocycles. The van der Waals surface area contributed by atoms with Crippen molar-refractivity contribution in [2.24, 2.45) is 0 Å². The van der Waals surface area contributed by atoms with Crippen LogP contribution in [0.5, 0.6) is 0 Å². The van der Waals surface area contributed by atoms with Gasteiger partial charge in [0.1, 0.15) is 0 Å². The van der Waals surface area contributed by atoms with Crippen molar-refractivity contribution >= 4 is 15.9 Å². The molecule has 2 aromatic heterocycles. The van der Waals surface area contributed by atoms with Crippen molar-refractivity contribution in [3.63, 3.8) is 0 Å². The van der Waals surface area contributed by atoms with Crippen LogP contribution in [-0.4, -0.2) is 4.57 Å². The summed E-state index contributed by atoms with van der Waals surface area (Å²) in [6.07, 6.45) is 4.99. The number of furan rings is 1. The molecule has 2 heterocycles. The first-order valence-corrected chi connectivity index (χ1v) is 4.92. The van der Waals surface area contributed by atoms with E-state index in [-0.39, 0.29) is 5.56 Å². The summed E-state index contributed by atoms with van der Waals surface area (Å²) in [5.74, 6) is 0. The van der Waals surface area contributed by atoms with E-state index in [4.69, 9.17) is 4.42 Å². The lowest BCUT2D eigenvalue weighted by Gasteiger charge is -2.02. The predicted octanol–water partition coefficient (Wildman–Crippen LogP) is 2.25. The molecule has 2 rings (SSSR count). The summed E-state index contributed by atoms with van der Waals surface area (Å²) < 4.78 is 7.44. The Morgan fingerprint density at radius 3 is 2.93 bits per heavy atom. The molecule has 0 atom stereocenters. The standard InChI is InChI=1S/C10H8BrNO2/c11-9-1-2-10(13)12(6-9)5-8-3-4-14-7-8/h1-4,6-7H,5H2. The minimum absolute atomic E-state index is 0.0191. The third-order valence-electron chi connectivity index (χ3n) is 1.88. The molecular weight excluding hydrogens is 246 g/mol. The van der Waals surface area contributed by atoms with Gasteiger partial charge < -0.3 is 8.98 Å². The summed E-state index contributed by atoms with van der Waals surface area (Å²) in [6, 6.07) is 5.10. The van der Waals surface area contributed by atoms with E-state index in [0.29, 0.717) is 6.54 Å². The molecule has 0 radical (unpaired) electrons. The van der Waals surface area contributed by atoms with E-state index in [1.54, 1.807) is 29.4 Å². The van der Waals surface area contributed by atoms with Crippen molar-refractivity contribution in [2.45, 2.75) is 6.54 Å². The van der Waals surface area contributed by atoms with E-state index in [0.717, 1.165) is 10.0 Å². The molecule has 0 N–H and O–H groups in total. The fraction of sp³-hybridized carbons (Fsp3) is 0.100. The molecule has 0 saturated heterocycles. The lowest BCUT2D eigenvalue weighted by molar-refractivity contribution is 0.561. The average molecular weight is 254 g/mol. The Kier molecular flexibility index (Phi) is 2.54. The van der Waals surface area contributed by atoms with Crippen molar-refractivity contribution in [2.75, 3.05) is 0 Å². The summed E-state index contributed by atoms with van der Waals surface area (Å²) >= 11 is 3.32. The maximum Gasteiger partial charge on any atom is 0.250 e. The Morgan fingerprint density at radius 2 is 2.21 bits per heavy atom. The van der Waals surface area contributed by atoms with Crippen LogP contribution in [0.25, 0.3) is 0 Å². The normalized spacial score (nSPS) is 10.4. The zero-order chi connectivity index (χ0) is 9.97. The number of aromatic nitrogens is 1. The second-order valence-electron chi connectivity index (χ2n) is 2.95. The second-order valence-corrected chi connectivity index (χ2v) is 3.86. The van der Waals surface area contributed by atoms with Crippen LogP contribution in [0.3, 0.4) is 0 Å². The van der Waals surface area contributed by atoms with E-state index in [1.165, 1.54) is 6.07 Å². The Bertz CT molecular complexity index is 473. The highest BCUT2D eigenvalue weighted by atomic mass is 79.9. The summed E-state index contributed by atoms with van der Waals surface area (Å²) in [7, 11) is 0. The maximum atomic E-state index is 11.4. The number of pyridine rings is 1. The maximum absolute atomic E-state index is 11.4. The first-order chi connectivity index (χ1) is 6.75. The van der Waals surface area contributed by atoms with Gasteiger partial charge in [0.2, 0.25) is 0 Å². The van der Waals surface area contributed by atoms with E-state index in [9.17, 15) is 4.79 Å². The van der Waals surface area contributed by atoms with Gasteiger partial charge in [-0.25, -0.2) is 0 Å². The van der Waals surface area contributed by atoms with Gasteiger partial charge in [0, 0.05) is 22.3 Å². The number of halogens is 1. The molecule has 0 bridgehead atoms. The minimum atomic E-state index is -0.0191. The fourth-order valence-electron chi connectivity index (χ4n) is 1.21. The van der Waals surface area contributed by atoms with Crippen LogP contribution in [0.15, 0.2) is 50.6 Å². The summed E-state index contributed by atoms with van der Waals surface area (Å²) in [5, 5.41) is 0. The average Bonchev–Trinajstić information content (AvgIpc) is 2.64. The van der Waals surface area contributed by atoms with Gasteiger partial charge in [-0.2, -0.15) is 0 Å². The van der Waals surface area contributed by atoms with Gasteiger partial charge in [0.15, 0.2) is 0 Å². The Hall–Kier alpha value is -1.29. The zero-order valence-electron chi connectivity index (χ0n) is 7.31. The second kappa shape index (κ2) is 3.84. The monoisotopic (exact) mass is 253 g/mol. The van der Waals surface area contributed by atoms with Gasteiger partial charge in [-0.05, 0) is 28.1 Å². The number of rotatable bonds is 2. The van der Waals surface area contributed by atoms with Gasteiger partial charge in [0.25, 0.3) is 5.56 Å². The molecule has 0 aliphatic rings. The van der Waals surface area contributed by atoms with Gasteiger partial charge in [-0.15, -0.1) is 0 Å². The highest BCUT2D eigenvalue weighted by Gasteiger charge is 1.99. The molecule has 3 nitrogen and oxygen atoms in total. The lowest BCUT2D eigenvalue weighted by Crippen LogP contribution is -2.18. The SMILES string of the molecule is O=c1ccc(Br)cn1Cc1ccoc1. The van der Waals surface area contributed by atoms with E-state index < -0.39 is 0 Å². The quantitative estimate of drug-likeness (QED) is 0.823. The molecule has 0 aromatic carbocycles. The highest BCUT2D eigenvalue weighted by Crippen LogP contribution is 2.07. The van der Waals surface area contributed by atoms with Crippen LogP contribution in [-0.2, 0) is 6.54 Å². The van der Waals surface area contributed by atoms with E-state index in [1.807, 2.05) is 6.07 Å². The molecular formula is C10H8BrNO2. The molecule has 0 amide bonds. The van der Waals surface area contributed by atoms with Crippen LogP contribution in [0.1, 0.15) is 5.56 Å². The minimum Gasteiger partial charge on any atom is -0.472 e. The van der Waals surface area contributed by atoms with Gasteiger partial charge >= 0.3 is 0 Å². The van der Waals surface area contributed by atoms with Crippen molar-refractivity contribution in [3.05, 3.63) is 57.3 Å². The molecule has 0 fully saturated rings. The van der Waals surface area contributed by atoms with Crippen molar-refractivity contribution in [1.82, 2.24) is 4.57 Å². The Morgan fingerprint density at radius 1 is 1.36 bits per heavy atom. The third-order valence-corrected chi connectivity index (χ3v) is 2.35. The van der Waals surface area contributed by atoms with Crippen LogP contribution in [0.4, 0.5) is 0 Å². The molecule has 4 heteroatoms. The first-order valence-electron chi connectivity index (χ1n) is 4.13. The molecule has 2 aromatic rings. The first kappa shape index (κ1) is 9.27. The van der Waals surface area contributed by atoms with Crippen LogP contribution in [0, 0.1) is 0 Å². The van der Waals surface area contributed by atoms with Crippen LogP contribution in [0.2, 0.25) is 0 Å². The number of nitrogens with zero attached hydrogens (tertiary/aromatic N) is 1. The van der Waals surface area contributed by atoms with Crippen molar-refractivity contribution in [1.29, 1.82) is 0 Å². The third kappa shape index (κ3) is 1.96. The molecule has 0 aliphatic carbocycles. The largest absolute Gasteiger partial charge is 0.472 e. The van der Waals surface area contributed by atoms with E-state index in [2.05, 4.69) is 15.9 Å². The predicted molar refractivity (Wildman–Crippen MR) is 56.2 cm³/mol. The van der Waals surface area contributed by atoms with Crippen LogP contribution >= 0.6 is 15.9 Å². The van der Waals surface area contributed by atoms with E-state index >= 15 is 0 Å².